The average Bonchev–Trinajstić information content (AvgIpc) is 3.60. The number of aliphatic hydroxyl groups is 3. The van der Waals surface area contributed by atoms with E-state index in [4.69, 9.17) is 5.73 Å². The van der Waals surface area contributed by atoms with Gasteiger partial charge in [0.05, 0.1) is 24.4 Å². The number of unbranched alkanes of at least 4 members (excludes halogenated alkanes) is 1. The van der Waals surface area contributed by atoms with Crippen molar-refractivity contribution in [3.8, 4) is 5.75 Å². The minimum absolute atomic E-state index is 0.0352. The molecule has 0 saturated carbocycles. The van der Waals surface area contributed by atoms with Gasteiger partial charge in [-0.2, -0.15) is 0 Å². The first kappa shape index (κ1) is 35.6. The van der Waals surface area contributed by atoms with Gasteiger partial charge in [0.2, 0.25) is 23.6 Å². The lowest BCUT2D eigenvalue weighted by atomic mass is 10.0. The van der Waals surface area contributed by atoms with Crippen molar-refractivity contribution >= 4 is 29.6 Å². The van der Waals surface area contributed by atoms with Gasteiger partial charge in [-0.05, 0) is 56.8 Å². The fourth-order valence-corrected chi connectivity index (χ4v) is 5.43. The Kier molecular flexibility index (Phi) is 13.0. The van der Waals surface area contributed by atoms with Crippen molar-refractivity contribution < 1.29 is 49.5 Å². The van der Waals surface area contributed by atoms with Crippen LogP contribution in [0.1, 0.15) is 44.6 Å². The van der Waals surface area contributed by atoms with Crippen LogP contribution in [0.5, 0.6) is 5.75 Å². The van der Waals surface area contributed by atoms with Gasteiger partial charge in [-0.3, -0.25) is 19.2 Å². The summed E-state index contributed by atoms with van der Waals surface area (Å²) in [7, 11) is 0. The van der Waals surface area contributed by atoms with Crippen LogP contribution in [0.4, 0.5) is 0 Å². The lowest BCUT2D eigenvalue weighted by Crippen LogP contribution is -2.60. The van der Waals surface area contributed by atoms with E-state index in [1.54, 1.807) is 0 Å². The largest absolute Gasteiger partial charge is 0.508 e. The van der Waals surface area contributed by atoms with Crippen LogP contribution < -0.4 is 27.0 Å². The Bertz CT molecular complexity index is 1200. The highest BCUT2D eigenvalue weighted by molar-refractivity contribution is 5.96. The summed E-state index contributed by atoms with van der Waals surface area (Å²) < 4.78 is 0. The number of hydrogen-bond donors (Lipinski definition) is 10. The molecule has 2 heterocycles. The highest BCUT2D eigenvalue weighted by atomic mass is 16.4. The number of rotatable bonds is 15. The molecule has 1 aromatic rings. The normalized spacial score (nSPS) is 23.9. The van der Waals surface area contributed by atoms with Crippen LogP contribution in [0.25, 0.3) is 0 Å². The third-order valence-electron chi connectivity index (χ3n) is 7.90. The van der Waals surface area contributed by atoms with E-state index in [-0.39, 0.29) is 44.5 Å². The second-order valence-electron chi connectivity index (χ2n) is 11.6. The van der Waals surface area contributed by atoms with Crippen molar-refractivity contribution in [2.24, 2.45) is 5.73 Å². The van der Waals surface area contributed by atoms with Crippen molar-refractivity contribution in [2.45, 2.75) is 94.0 Å². The van der Waals surface area contributed by atoms with Gasteiger partial charge >= 0.3 is 5.97 Å². The molecular weight excluding hydrogens is 592 g/mol. The summed E-state index contributed by atoms with van der Waals surface area (Å²) in [6, 6.07) is -0.304. The van der Waals surface area contributed by atoms with Crippen LogP contribution in [0.15, 0.2) is 24.3 Å². The highest BCUT2D eigenvalue weighted by Gasteiger charge is 2.43. The number of aromatic hydroxyl groups is 1. The molecule has 2 aliphatic rings. The molecule has 45 heavy (non-hydrogen) atoms. The molecule has 4 amide bonds. The summed E-state index contributed by atoms with van der Waals surface area (Å²) in [6.45, 7) is 1.55. The van der Waals surface area contributed by atoms with Crippen molar-refractivity contribution in [1.29, 1.82) is 0 Å². The topological polar surface area (TPSA) is 264 Å². The Morgan fingerprint density at radius 2 is 1.67 bits per heavy atom. The third-order valence-corrected chi connectivity index (χ3v) is 7.90. The number of nitrogens with one attached hydrogen (secondary N) is 4. The number of carboxylic acid groups (broad SMARTS) is 1. The molecule has 2 fully saturated rings. The second kappa shape index (κ2) is 16.5. The Morgan fingerprint density at radius 1 is 0.978 bits per heavy atom. The van der Waals surface area contributed by atoms with E-state index >= 15 is 0 Å². The minimum atomic E-state index is -1.49. The van der Waals surface area contributed by atoms with E-state index in [1.165, 1.54) is 31.2 Å². The van der Waals surface area contributed by atoms with Gasteiger partial charge in [0.1, 0.15) is 29.9 Å². The van der Waals surface area contributed by atoms with Gasteiger partial charge in [-0.15, -0.1) is 0 Å². The molecule has 16 heteroatoms. The third kappa shape index (κ3) is 10.1. The molecule has 0 radical (unpaired) electrons. The zero-order valence-corrected chi connectivity index (χ0v) is 25.1. The maximum Gasteiger partial charge on any atom is 0.326 e. The van der Waals surface area contributed by atoms with Gasteiger partial charge in [0.15, 0.2) is 0 Å². The summed E-state index contributed by atoms with van der Waals surface area (Å²) in [5.41, 5.74) is 5.99. The molecule has 1 aromatic carbocycles. The predicted octanol–water partition coefficient (Wildman–Crippen LogP) is -3.33. The fraction of sp³-hybridized carbons (Fsp3) is 0.621. The van der Waals surface area contributed by atoms with Crippen LogP contribution in [0, 0.1) is 0 Å². The zero-order valence-electron chi connectivity index (χ0n) is 25.1. The highest BCUT2D eigenvalue weighted by Crippen LogP contribution is 2.22. The first-order valence-electron chi connectivity index (χ1n) is 15.0. The van der Waals surface area contributed by atoms with Gasteiger partial charge in [-0.25, -0.2) is 4.79 Å². The molecule has 2 saturated heterocycles. The summed E-state index contributed by atoms with van der Waals surface area (Å²) in [5, 5.41) is 60.1. The van der Waals surface area contributed by atoms with Gasteiger partial charge < -0.3 is 57.4 Å². The lowest BCUT2D eigenvalue weighted by molar-refractivity contribution is -0.145. The average molecular weight is 637 g/mol. The Morgan fingerprint density at radius 3 is 2.24 bits per heavy atom. The van der Waals surface area contributed by atoms with Crippen molar-refractivity contribution in [2.75, 3.05) is 19.6 Å². The number of nitrogens with zero attached hydrogens (tertiary/aromatic N) is 1. The number of nitrogens with two attached hydrogens (primary N) is 1. The number of carboxylic acids is 1. The molecule has 0 unspecified atom stereocenters. The lowest BCUT2D eigenvalue weighted by Gasteiger charge is -2.31. The number of carbonyl (C=O) groups is 5. The Balaban J connectivity index is 1.82. The number of aliphatic carboxylic acids is 1. The zero-order chi connectivity index (χ0) is 33.3. The number of carbonyl (C=O) groups excluding carboxylic acids is 4. The molecule has 16 nitrogen and oxygen atoms in total. The number of hydrogen-bond acceptors (Lipinski definition) is 11. The van der Waals surface area contributed by atoms with Gasteiger partial charge in [-0.1, -0.05) is 12.1 Å². The summed E-state index contributed by atoms with van der Waals surface area (Å²) in [6.07, 6.45) is -2.30. The van der Waals surface area contributed by atoms with Gasteiger partial charge in [0, 0.05) is 25.9 Å². The molecule has 3 rings (SSSR count). The molecule has 0 bridgehead atoms. The number of phenolic OH excluding ortho intramolecular Hbond substituents is 1. The smallest absolute Gasteiger partial charge is 0.326 e. The maximum absolute atomic E-state index is 14.0. The van der Waals surface area contributed by atoms with E-state index in [0.717, 1.165) is 4.90 Å². The molecule has 0 spiro atoms. The number of aliphatic hydroxyl groups excluding tert-OH is 3. The van der Waals surface area contributed by atoms with Crippen LogP contribution in [-0.2, 0) is 30.4 Å². The van der Waals surface area contributed by atoms with Crippen LogP contribution >= 0.6 is 0 Å². The molecule has 0 aromatic heterocycles. The Hall–Kier alpha value is -3.83. The molecule has 8 atom stereocenters. The Labute approximate surface area is 260 Å². The standard InChI is InChI=1S/C29H44N6O10/c1-15(36)24(34-25(40)21-11-18(38)13-31-21)27(42)33-22(10-16-5-7-17(37)8-6-16)28(43)35-14-19(39)12-23(35)26(41)32-20(29(44)45)4-2-3-9-30/h5-8,15,18-24,31,36-39H,2-4,9-14,30H2,1H3,(H,32,41)(H,33,42)(H,34,40)(H,44,45)/t15-,18-,19-,20+,21+,22+,23+,24+/m1/s1. The van der Waals surface area contributed by atoms with Crippen molar-refractivity contribution in [3.05, 3.63) is 29.8 Å². The molecule has 2 aliphatic heterocycles. The molecule has 250 valence electrons. The summed E-state index contributed by atoms with van der Waals surface area (Å²) >= 11 is 0. The molecular formula is C29H44N6O10. The predicted molar refractivity (Wildman–Crippen MR) is 158 cm³/mol. The van der Waals surface area contributed by atoms with E-state index in [0.29, 0.717) is 24.9 Å². The van der Waals surface area contributed by atoms with Gasteiger partial charge in [0.25, 0.3) is 0 Å². The van der Waals surface area contributed by atoms with Crippen LogP contribution in [-0.4, -0.2) is 128 Å². The van der Waals surface area contributed by atoms with E-state index in [1.807, 2.05) is 0 Å². The van der Waals surface area contributed by atoms with Crippen LogP contribution in [0.2, 0.25) is 0 Å². The SMILES string of the molecule is C[C@@H](O)[C@H](NC(=O)[C@@H]1C[C@@H](O)CN1)C(=O)N[C@@H](Cc1ccc(O)cc1)C(=O)N1C[C@H](O)C[C@H]1C(=O)N[C@@H](CCCCN)C(=O)O. The van der Waals surface area contributed by atoms with E-state index < -0.39 is 78.1 Å². The molecule has 11 N–H and O–H groups in total. The quantitative estimate of drug-likeness (QED) is 0.0848. The maximum atomic E-state index is 14.0. The number of amides is 4. The van der Waals surface area contributed by atoms with E-state index in [9.17, 15) is 49.5 Å². The van der Waals surface area contributed by atoms with Crippen molar-refractivity contribution in [3.63, 3.8) is 0 Å². The number of phenols is 1. The molecule has 0 aliphatic carbocycles. The van der Waals surface area contributed by atoms with Crippen molar-refractivity contribution in [1.82, 2.24) is 26.2 Å². The second-order valence-corrected chi connectivity index (χ2v) is 11.6. The first-order valence-corrected chi connectivity index (χ1v) is 15.0. The number of β-amino-alcohol motifs (C(OH)–C–C–N with tert-alkyl or cyclic N) is 2. The minimum Gasteiger partial charge on any atom is -0.508 e. The first-order chi connectivity index (χ1) is 21.3. The fourth-order valence-electron chi connectivity index (χ4n) is 5.43. The summed E-state index contributed by atoms with van der Waals surface area (Å²) in [4.78, 5) is 66.2. The van der Waals surface area contributed by atoms with Crippen LogP contribution in [0.3, 0.4) is 0 Å². The number of benzene rings is 1. The monoisotopic (exact) mass is 636 g/mol. The van der Waals surface area contributed by atoms with E-state index in [2.05, 4.69) is 21.3 Å². The number of likely N-dealkylation sites (tertiary alicyclic amines) is 1. The summed E-state index contributed by atoms with van der Waals surface area (Å²) in [5.74, 6) is -4.38.